The van der Waals surface area contributed by atoms with Crippen LogP contribution < -0.4 is 14.8 Å². The number of nitrogens with one attached hydrogen (secondary N) is 1. The van der Waals surface area contributed by atoms with E-state index in [2.05, 4.69) is 10.2 Å². The first-order chi connectivity index (χ1) is 12.5. The molecule has 0 bridgehead atoms. The molecule has 0 aliphatic carbocycles. The fourth-order valence-corrected chi connectivity index (χ4v) is 2.63. The number of hydrogen-bond donors (Lipinski definition) is 1. The lowest BCUT2D eigenvalue weighted by Crippen LogP contribution is -2.34. The molecule has 0 aromatic heterocycles. The van der Waals surface area contributed by atoms with Crippen molar-refractivity contribution in [3.8, 4) is 11.5 Å². The fraction of sp³-hybridized carbons (Fsp3) is 0.286. The lowest BCUT2D eigenvalue weighted by Gasteiger charge is -2.22. The van der Waals surface area contributed by atoms with E-state index >= 15 is 0 Å². The van der Waals surface area contributed by atoms with Crippen LogP contribution in [0, 0.1) is 0 Å². The first-order valence-electron chi connectivity index (χ1n) is 8.43. The summed E-state index contributed by atoms with van der Waals surface area (Å²) in [5, 5.41) is 3.06. The molecule has 1 atom stereocenters. The molecule has 0 radical (unpaired) electrons. The second kappa shape index (κ2) is 9.63. The predicted octanol–water partition coefficient (Wildman–Crippen LogP) is 3.14. The van der Waals surface area contributed by atoms with Crippen LogP contribution in [0.4, 0.5) is 0 Å². The Hall–Kier alpha value is -2.79. The van der Waals surface area contributed by atoms with Gasteiger partial charge >= 0.3 is 0 Å². The minimum Gasteiger partial charge on any atom is -0.493 e. The maximum absolute atomic E-state index is 12.4. The summed E-state index contributed by atoms with van der Waals surface area (Å²) in [6, 6.07) is 15.4. The SMILES string of the molecule is COc1ccc(/C=C/C(=O)N[C@H](CN(C)C)c2ccccc2)cc1OC. The van der Waals surface area contributed by atoms with Gasteiger partial charge in [-0.25, -0.2) is 0 Å². The van der Waals surface area contributed by atoms with Gasteiger partial charge in [0, 0.05) is 12.6 Å². The molecule has 0 unspecified atom stereocenters. The van der Waals surface area contributed by atoms with Crippen LogP contribution in [0.1, 0.15) is 17.2 Å². The van der Waals surface area contributed by atoms with E-state index in [9.17, 15) is 4.79 Å². The molecule has 138 valence electrons. The molecule has 2 aromatic carbocycles. The third-order valence-electron chi connectivity index (χ3n) is 3.90. The zero-order valence-corrected chi connectivity index (χ0v) is 15.7. The molecule has 26 heavy (non-hydrogen) atoms. The van der Waals surface area contributed by atoms with Gasteiger partial charge in [-0.05, 0) is 43.4 Å². The van der Waals surface area contributed by atoms with Crippen LogP contribution in [0.25, 0.3) is 6.08 Å². The van der Waals surface area contributed by atoms with Crippen molar-refractivity contribution in [2.45, 2.75) is 6.04 Å². The molecule has 1 amide bonds. The quantitative estimate of drug-likeness (QED) is 0.740. The lowest BCUT2D eigenvalue weighted by atomic mass is 10.1. The minimum absolute atomic E-state index is 0.0752. The predicted molar refractivity (Wildman–Crippen MR) is 104 cm³/mol. The highest BCUT2D eigenvalue weighted by Crippen LogP contribution is 2.27. The summed E-state index contributed by atoms with van der Waals surface area (Å²) in [4.78, 5) is 14.4. The zero-order valence-electron chi connectivity index (χ0n) is 15.7. The monoisotopic (exact) mass is 354 g/mol. The van der Waals surface area contributed by atoms with Crippen LogP contribution in [0.5, 0.6) is 11.5 Å². The summed E-state index contributed by atoms with van der Waals surface area (Å²) in [6.45, 7) is 0.722. The maximum Gasteiger partial charge on any atom is 0.244 e. The van der Waals surface area contributed by atoms with Crippen LogP contribution in [0.3, 0.4) is 0 Å². The average Bonchev–Trinajstić information content (AvgIpc) is 2.66. The highest BCUT2D eigenvalue weighted by molar-refractivity contribution is 5.92. The molecule has 0 saturated heterocycles. The highest BCUT2D eigenvalue weighted by Gasteiger charge is 2.14. The van der Waals surface area contributed by atoms with E-state index in [0.29, 0.717) is 11.5 Å². The molecule has 0 fully saturated rings. The van der Waals surface area contributed by atoms with Crippen molar-refractivity contribution in [2.75, 3.05) is 34.9 Å². The number of carbonyl (C=O) groups is 1. The third kappa shape index (κ3) is 5.63. The van der Waals surface area contributed by atoms with Gasteiger partial charge in [0.05, 0.1) is 20.3 Å². The summed E-state index contributed by atoms with van der Waals surface area (Å²) in [7, 11) is 7.15. The number of benzene rings is 2. The number of nitrogens with zero attached hydrogens (tertiary/aromatic N) is 1. The molecule has 0 aliphatic heterocycles. The van der Waals surface area contributed by atoms with E-state index in [4.69, 9.17) is 9.47 Å². The standard InChI is InChI=1S/C21H26N2O3/c1-23(2)15-18(17-8-6-5-7-9-17)22-21(24)13-11-16-10-12-19(25-3)20(14-16)26-4/h5-14,18H,15H2,1-4H3,(H,22,24)/b13-11+/t18-/m1/s1. The molecular weight excluding hydrogens is 328 g/mol. The topological polar surface area (TPSA) is 50.8 Å². The second-order valence-corrected chi connectivity index (χ2v) is 6.18. The highest BCUT2D eigenvalue weighted by atomic mass is 16.5. The van der Waals surface area contributed by atoms with Crippen LogP contribution in [0.2, 0.25) is 0 Å². The van der Waals surface area contributed by atoms with E-state index in [0.717, 1.165) is 17.7 Å². The molecule has 0 heterocycles. The normalized spacial score (nSPS) is 12.2. The Bertz CT molecular complexity index is 742. The van der Waals surface area contributed by atoms with Gasteiger partial charge in [0.2, 0.25) is 5.91 Å². The molecule has 5 nitrogen and oxygen atoms in total. The van der Waals surface area contributed by atoms with E-state index in [-0.39, 0.29) is 11.9 Å². The van der Waals surface area contributed by atoms with E-state index in [1.54, 1.807) is 20.3 Å². The van der Waals surface area contributed by atoms with Gasteiger partial charge in [-0.2, -0.15) is 0 Å². The van der Waals surface area contributed by atoms with Crippen molar-refractivity contribution in [3.63, 3.8) is 0 Å². The minimum atomic E-state index is -0.143. The zero-order chi connectivity index (χ0) is 18.9. The van der Waals surface area contributed by atoms with Crippen molar-refractivity contribution < 1.29 is 14.3 Å². The Morgan fingerprint density at radius 1 is 1.08 bits per heavy atom. The van der Waals surface area contributed by atoms with Gasteiger partial charge in [0.15, 0.2) is 11.5 Å². The van der Waals surface area contributed by atoms with Crippen LogP contribution in [0.15, 0.2) is 54.6 Å². The van der Waals surface area contributed by atoms with Crippen molar-refractivity contribution in [1.82, 2.24) is 10.2 Å². The van der Waals surface area contributed by atoms with E-state index in [1.807, 2.05) is 62.6 Å². The Morgan fingerprint density at radius 3 is 2.38 bits per heavy atom. The number of ether oxygens (including phenoxy) is 2. The van der Waals surface area contributed by atoms with Crippen LogP contribution >= 0.6 is 0 Å². The van der Waals surface area contributed by atoms with Gasteiger partial charge in [-0.15, -0.1) is 0 Å². The van der Waals surface area contributed by atoms with E-state index in [1.165, 1.54) is 6.08 Å². The van der Waals surface area contributed by atoms with Crippen molar-refractivity contribution >= 4 is 12.0 Å². The summed E-state index contributed by atoms with van der Waals surface area (Å²) in [5.41, 5.74) is 1.94. The van der Waals surface area contributed by atoms with E-state index < -0.39 is 0 Å². The van der Waals surface area contributed by atoms with Crippen LogP contribution in [-0.2, 0) is 4.79 Å². The number of carbonyl (C=O) groups excluding carboxylic acids is 1. The fourth-order valence-electron chi connectivity index (χ4n) is 2.63. The number of methoxy groups -OCH3 is 2. The molecule has 2 rings (SSSR count). The number of hydrogen-bond acceptors (Lipinski definition) is 4. The third-order valence-corrected chi connectivity index (χ3v) is 3.90. The van der Waals surface area contributed by atoms with Gasteiger partial charge in [-0.3, -0.25) is 4.79 Å². The van der Waals surface area contributed by atoms with Crippen LogP contribution in [-0.4, -0.2) is 45.7 Å². The molecule has 1 N–H and O–H groups in total. The molecular formula is C21H26N2O3. The molecule has 0 aliphatic rings. The number of rotatable bonds is 8. The van der Waals surface area contributed by atoms with Gasteiger partial charge in [0.25, 0.3) is 0 Å². The molecule has 0 saturated carbocycles. The summed E-state index contributed by atoms with van der Waals surface area (Å²) in [6.07, 6.45) is 3.29. The van der Waals surface area contributed by atoms with Crippen molar-refractivity contribution in [1.29, 1.82) is 0 Å². The molecule has 0 spiro atoms. The van der Waals surface area contributed by atoms with Crippen molar-refractivity contribution in [2.24, 2.45) is 0 Å². The smallest absolute Gasteiger partial charge is 0.244 e. The first-order valence-corrected chi connectivity index (χ1v) is 8.43. The lowest BCUT2D eigenvalue weighted by molar-refractivity contribution is -0.117. The van der Waals surface area contributed by atoms with Gasteiger partial charge in [0.1, 0.15) is 0 Å². The number of likely N-dealkylation sites (N-methyl/N-ethyl adjacent to an activating group) is 1. The Morgan fingerprint density at radius 2 is 1.77 bits per heavy atom. The summed E-state index contributed by atoms with van der Waals surface area (Å²) >= 11 is 0. The Balaban J connectivity index is 2.09. The van der Waals surface area contributed by atoms with Gasteiger partial charge < -0.3 is 19.7 Å². The second-order valence-electron chi connectivity index (χ2n) is 6.18. The summed E-state index contributed by atoms with van der Waals surface area (Å²) in [5.74, 6) is 1.14. The number of amides is 1. The summed E-state index contributed by atoms with van der Waals surface area (Å²) < 4.78 is 10.5. The maximum atomic E-state index is 12.4. The largest absolute Gasteiger partial charge is 0.493 e. The Kier molecular flexibility index (Phi) is 7.24. The molecule has 2 aromatic rings. The average molecular weight is 354 g/mol. The van der Waals surface area contributed by atoms with Crippen molar-refractivity contribution in [3.05, 3.63) is 65.7 Å². The molecule has 5 heteroatoms. The van der Waals surface area contributed by atoms with Gasteiger partial charge in [-0.1, -0.05) is 36.4 Å². The Labute approximate surface area is 155 Å². The first kappa shape index (κ1) is 19.5.